The summed E-state index contributed by atoms with van der Waals surface area (Å²) < 4.78 is 3.91. The van der Waals surface area contributed by atoms with E-state index in [4.69, 9.17) is 0 Å². The van der Waals surface area contributed by atoms with Gasteiger partial charge in [0.15, 0.2) is 5.16 Å². The average molecular weight is 479 g/mol. The number of rotatable bonds is 5. The van der Waals surface area contributed by atoms with E-state index in [0.29, 0.717) is 12.3 Å². The zero-order chi connectivity index (χ0) is 24.0. The minimum absolute atomic E-state index is 0.0165. The van der Waals surface area contributed by atoms with Crippen LogP contribution < -0.4 is 5.56 Å². The van der Waals surface area contributed by atoms with Crippen LogP contribution in [0, 0.1) is 0 Å². The minimum atomic E-state index is -0.320. The summed E-state index contributed by atoms with van der Waals surface area (Å²) in [4.78, 5) is 14.1. The van der Waals surface area contributed by atoms with E-state index in [1.165, 1.54) is 11.1 Å². The van der Waals surface area contributed by atoms with Crippen LogP contribution in [-0.2, 0) is 24.1 Å². The maximum absolute atomic E-state index is 14.1. The SMILES string of the molecule is CC1(C)Cc2ccccc2-c2c1c(=O)n(Cc1ccccc1)c1nnc(SCc3ccccc3)n21. The molecule has 0 atom stereocenters. The Morgan fingerprint density at radius 3 is 2.26 bits per heavy atom. The van der Waals surface area contributed by atoms with Crippen molar-refractivity contribution in [2.24, 2.45) is 0 Å². The van der Waals surface area contributed by atoms with Crippen LogP contribution in [0.3, 0.4) is 0 Å². The summed E-state index contributed by atoms with van der Waals surface area (Å²) in [6.45, 7) is 4.79. The lowest BCUT2D eigenvalue weighted by molar-refractivity contribution is 0.498. The van der Waals surface area contributed by atoms with Crippen molar-refractivity contribution in [3.8, 4) is 11.3 Å². The third-order valence-corrected chi connectivity index (χ3v) is 7.75. The number of aromatic nitrogens is 4. The molecular weight excluding hydrogens is 452 g/mol. The molecule has 0 radical (unpaired) electrons. The molecule has 0 unspecified atom stereocenters. The van der Waals surface area contributed by atoms with Crippen molar-refractivity contribution in [2.45, 2.75) is 43.1 Å². The van der Waals surface area contributed by atoms with E-state index in [1.54, 1.807) is 16.3 Å². The lowest BCUT2D eigenvalue weighted by Gasteiger charge is -2.34. The summed E-state index contributed by atoms with van der Waals surface area (Å²) in [5.41, 5.74) is 6.09. The summed E-state index contributed by atoms with van der Waals surface area (Å²) in [6.07, 6.45) is 0.816. The monoisotopic (exact) mass is 478 g/mol. The molecule has 1 aliphatic carbocycles. The van der Waals surface area contributed by atoms with Gasteiger partial charge in [0.2, 0.25) is 5.78 Å². The van der Waals surface area contributed by atoms with Crippen LogP contribution >= 0.6 is 11.8 Å². The fourth-order valence-corrected chi connectivity index (χ4v) is 6.02. The second-order valence-corrected chi connectivity index (χ2v) is 10.7. The summed E-state index contributed by atoms with van der Waals surface area (Å²) >= 11 is 1.65. The molecule has 0 N–H and O–H groups in total. The molecule has 0 bridgehead atoms. The molecule has 35 heavy (non-hydrogen) atoms. The van der Waals surface area contributed by atoms with Crippen LogP contribution in [0.5, 0.6) is 0 Å². The van der Waals surface area contributed by atoms with Gasteiger partial charge >= 0.3 is 0 Å². The van der Waals surface area contributed by atoms with Crippen LogP contribution in [0.1, 0.15) is 36.1 Å². The largest absolute Gasteiger partial charge is 0.272 e. The second kappa shape index (κ2) is 8.54. The Morgan fingerprint density at radius 2 is 1.51 bits per heavy atom. The summed E-state index contributed by atoms with van der Waals surface area (Å²) in [5, 5.41) is 9.97. The molecule has 0 saturated carbocycles. The van der Waals surface area contributed by atoms with Crippen molar-refractivity contribution < 1.29 is 0 Å². The molecule has 174 valence electrons. The van der Waals surface area contributed by atoms with Gasteiger partial charge in [0.25, 0.3) is 5.56 Å². The first-order chi connectivity index (χ1) is 17.0. The Kier molecular flexibility index (Phi) is 5.33. The minimum Gasteiger partial charge on any atom is -0.272 e. The number of benzene rings is 3. The van der Waals surface area contributed by atoms with Gasteiger partial charge in [-0.1, -0.05) is 111 Å². The van der Waals surface area contributed by atoms with E-state index in [-0.39, 0.29) is 11.0 Å². The number of fused-ring (bicyclic) bond motifs is 5. The highest BCUT2D eigenvalue weighted by Gasteiger charge is 2.37. The maximum atomic E-state index is 14.1. The molecular formula is C29H26N4OS. The van der Waals surface area contributed by atoms with E-state index in [2.05, 4.69) is 70.9 Å². The number of hydrogen-bond donors (Lipinski definition) is 0. The second-order valence-electron chi connectivity index (χ2n) is 9.71. The van der Waals surface area contributed by atoms with Gasteiger partial charge < -0.3 is 0 Å². The van der Waals surface area contributed by atoms with Crippen LogP contribution in [0.2, 0.25) is 0 Å². The lowest BCUT2D eigenvalue weighted by atomic mass is 9.72. The quantitative estimate of drug-likeness (QED) is 0.303. The van der Waals surface area contributed by atoms with Gasteiger partial charge in [-0.05, 0) is 23.1 Å². The number of thioether (sulfide) groups is 1. The highest BCUT2D eigenvalue weighted by atomic mass is 32.2. The third kappa shape index (κ3) is 3.78. The molecule has 1 aliphatic rings. The first-order valence-corrected chi connectivity index (χ1v) is 12.8. The van der Waals surface area contributed by atoms with Crippen molar-refractivity contribution in [3.05, 3.63) is 118 Å². The summed E-state index contributed by atoms with van der Waals surface area (Å²) in [5.74, 6) is 1.36. The van der Waals surface area contributed by atoms with Gasteiger partial charge in [-0.25, -0.2) is 0 Å². The molecule has 5 aromatic rings. The highest BCUT2D eigenvalue weighted by Crippen LogP contribution is 2.42. The molecule has 0 saturated heterocycles. The fourth-order valence-electron chi connectivity index (χ4n) is 5.13. The summed E-state index contributed by atoms with van der Waals surface area (Å²) in [7, 11) is 0. The van der Waals surface area contributed by atoms with Gasteiger partial charge in [-0.3, -0.25) is 13.8 Å². The molecule has 0 fully saturated rings. The molecule has 2 heterocycles. The Hall–Kier alpha value is -3.64. The zero-order valence-electron chi connectivity index (χ0n) is 19.8. The smallest absolute Gasteiger partial charge is 0.259 e. The van der Waals surface area contributed by atoms with E-state index < -0.39 is 0 Å². The molecule has 2 aromatic heterocycles. The van der Waals surface area contributed by atoms with Crippen LogP contribution in [0.15, 0.2) is 94.9 Å². The predicted octanol–water partition coefficient (Wildman–Crippen LogP) is 5.73. The van der Waals surface area contributed by atoms with Crippen molar-refractivity contribution in [1.82, 2.24) is 19.2 Å². The molecule has 0 spiro atoms. The van der Waals surface area contributed by atoms with Gasteiger partial charge in [0.1, 0.15) is 0 Å². The Morgan fingerprint density at radius 1 is 0.857 bits per heavy atom. The topological polar surface area (TPSA) is 52.2 Å². The Balaban J connectivity index is 1.61. The molecule has 3 aromatic carbocycles. The lowest BCUT2D eigenvalue weighted by Crippen LogP contribution is -2.39. The third-order valence-electron chi connectivity index (χ3n) is 6.75. The molecule has 6 heteroatoms. The van der Waals surface area contributed by atoms with E-state index in [1.807, 2.05) is 42.5 Å². The molecule has 6 rings (SSSR count). The first-order valence-electron chi connectivity index (χ1n) is 11.8. The predicted molar refractivity (Wildman–Crippen MR) is 141 cm³/mol. The van der Waals surface area contributed by atoms with Crippen molar-refractivity contribution in [3.63, 3.8) is 0 Å². The van der Waals surface area contributed by atoms with Gasteiger partial charge in [0.05, 0.1) is 12.2 Å². The van der Waals surface area contributed by atoms with Gasteiger partial charge in [-0.15, -0.1) is 10.2 Å². The maximum Gasteiger partial charge on any atom is 0.259 e. The van der Waals surface area contributed by atoms with E-state index in [0.717, 1.165) is 39.7 Å². The van der Waals surface area contributed by atoms with Crippen LogP contribution in [-0.4, -0.2) is 19.2 Å². The van der Waals surface area contributed by atoms with Crippen LogP contribution in [0.25, 0.3) is 17.0 Å². The fraction of sp³-hybridized carbons (Fsp3) is 0.207. The van der Waals surface area contributed by atoms with E-state index >= 15 is 0 Å². The average Bonchev–Trinajstić information content (AvgIpc) is 3.29. The zero-order valence-corrected chi connectivity index (χ0v) is 20.6. The molecule has 5 nitrogen and oxygen atoms in total. The van der Waals surface area contributed by atoms with Crippen molar-refractivity contribution >= 4 is 17.5 Å². The van der Waals surface area contributed by atoms with Gasteiger partial charge in [-0.2, -0.15) is 0 Å². The normalized spacial score (nSPS) is 14.0. The Bertz CT molecular complexity index is 1590. The first kappa shape index (κ1) is 21.9. The standard InChI is InChI=1S/C29H26N4OS/c1-29(2)17-22-15-9-10-16-23(22)25-24(29)26(34)32(18-20-11-5-3-6-12-20)27-30-31-28(33(25)27)35-19-21-13-7-4-8-14-21/h3-16H,17-19H2,1-2H3. The van der Waals surface area contributed by atoms with Crippen molar-refractivity contribution in [2.75, 3.05) is 0 Å². The van der Waals surface area contributed by atoms with Crippen molar-refractivity contribution in [1.29, 1.82) is 0 Å². The van der Waals surface area contributed by atoms with Crippen LogP contribution in [0.4, 0.5) is 0 Å². The molecule has 0 aliphatic heterocycles. The van der Waals surface area contributed by atoms with E-state index in [9.17, 15) is 4.79 Å². The number of hydrogen-bond acceptors (Lipinski definition) is 4. The number of nitrogens with zero attached hydrogens (tertiary/aromatic N) is 4. The molecule has 0 amide bonds. The van der Waals surface area contributed by atoms with Gasteiger partial charge in [0, 0.05) is 22.3 Å². The summed E-state index contributed by atoms with van der Waals surface area (Å²) in [6, 6.07) is 28.9. The highest BCUT2D eigenvalue weighted by molar-refractivity contribution is 7.98. The Labute approximate surface area is 208 Å².